The topological polar surface area (TPSA) is 15.3 Å². The second-order valence-corrected chi connectivity index (χ2v) is 5.25. The lowest BCUT2D eigenvalue weighted by molar-refractivity contribution is 0.564. The first-order valence-corrected chi connectivity index (χ1v) is 6.78. The normalized spacial score (nSPS) is 20.9. The fraction of sp³-hybridized carbons (Fsp3) is 0.375. The van der Waals surface area contributed by atoms with Gasteiger partial charge in [-0.25, -0.2) is 0 Å². The minimum absolute atomic E-state index is 0.700. The van der Waals surface area contributed by atoms with Crippen molar-refractivity contribution in [3.63, 3.8) is 0 Å². The smallest absolute Gasteiger partial charge is 0.0446 e. The number of hydrogen-bond acceptors (Lipinski definition) is 2. The lowest BCUT2D eigenvalue weighted by Gasteiger charge is -2.26. The lowest BCUT2D eigenvalue weighted by Crippen LogP contribution is -2.29. The molecule has 3 rings (SSSR count). The molecule has 2 heteroatoms. The Morgan fingerprint density at radius 3 is 2.89 bits per heavy atom. The highest BCUT2D eigenvalue weighted by molar-refractivity contribution is 5.94. The zero-order valence-electron chi connectivity index (χ0n) is 10.9. The highest BCUT2D eigenvalue weighted by Crippen LogP contribution is 2.27. The molecule has 0 bridgehead atoms. The van der Waals surface area contributed by atoms with E-state index < -0.39 is 0 Å². The number of benzene rings is 2. The van der Waals surface area contributed by atoms with Gasteiger partial charge in [-0.2, -0.15) is 0 Å². The monoisotopic (exact) mass is 240 g/mol. The van der Waals surface area contributed by atoms with E-state index >= 15 is 0 Å². The molecule has 0 aromatic heterocycles. The second-order valence-electron chi connectivity index (χ2n) is 5.25. The minimum atomic E-state index is 0.700. The van der Waals surface area contributed by atoms with Gasteiger partial charge in [-0.05, 0) is 23.9 Å². The van der Waals surface area contributed by atoms with Crippen LogP contribution < -0.4 is 10.2 Å². The van der Waals surface area contributed by atoms with Crippen LogP contribution in [-0.2, 0) is 0 Å². The Labute approximate surface area is 109 Å². The Kier molecular flexibility index (Phi) is 3.20. The van der Waals surface area contributed by atoms with Gasteiger partial charge in [0.2, 0.25) is 0 Å². The number of nitrogens with zero attached hydrogens (tertiary/aromatic N) is 1. The average molecular weight is 240 g/mol. The van der Waals surface area contributed by atoms with Gasteiger partial charge in [0.1, 0.15) is 0 Å². The number of rotatable bonds is 1. The molecule has 1 aliphatic rings. The molecule has 1 unspecified atom stereocenters. The third kappa shape index (κ3) is 2.21. The van der Waals surface area contributed by atoms with Gasteiger partial charge in [0.25, 0.3) is 0 Å². The maximum Gasteiger partial charge on any atom is 0.0446 e. The van der Waals surface area contributed by atoms with Crippen molar-refractivity contribution in [1.29, 1.82) is 0 Å². The summed E-state index contributed by atoms with van der Waals surface area (Å²) in [6.07, 6.45) is 0. The molecule has 1 atom stereocenters. The molecule has 94 valence electrons. The molecule has 2 aromatic carbocycles. The summed E-state index contributed by atoms with van der Waals surface area (Å²) in [6.45, 7) is 6.75. The van der Waals surface area contributed by atoms with E-state index in [-0.39, 0.29) is 0 Å². The van der Waals surface area contributed by atoms with Crippen LogP contribution in [0.15, 0.2) is 42.5 Å². The van der Waals surface area contributed by atoms with E-state index in [9.17, 15) is 0 Å². The maximum absolute atomic E-state index is 3.50. The van der Waals surface area contributed by atoms with Crippen molar-refractivity contribution < 1.29 is 0 Å². The fourth-order valence-electron chi connectivity index (χ4n) is 2.80. The molecule has 2 nitrogen and oxygen atoms in total. The summed E-state index contributed by atoms with van der Waals surface area (Å²) in [6, 6.07) is 15.3. The van der Waals surface area contributed by atoms with Gasteiger partial charge in [-0.3, -0.25) is 0 Å². The van der Waals surface area contributed by atoms with Crippen LogP contribution in [0.5, 0.6) is 0 Å². The highest BCUT2D eigenvalue weighted by atomic mass is 15.2. The molecule has 18 heavy (non-hydrogen) atoms. The zero-order valence-corrected chi connectivity index (χ0v) is 10.9. The molecule has 1 aliphatic heterocycles. The summed E-state index contributed by atoms with van der Waals surface area (Å²) in [7, 11) is 0. The van der Waals surface area contributed by atoms with Crippen molar-refractivity contribution in [1.82, 2.24) is 5.32 Å². The Morgan fingerprint density at radius 1 is 1.11 bits per heavy atom. The quantitative estimate of drug-likeness (QED) is 0.824. The van der Waals surface area contributed by atoms with Gasteiger partial charge in [-0.15, -0.1) is 0 Å². The maximum atomic E-state index is 3.50. The summed E-state index contributed by atoms with van der Waals surface area (Å²) < 4.78 is 0. The van der Waals surface area contributed by atoms with Gasteiger partial charge in [0.15, 0.2) is 0 Å². The van der Waals surface area contributed by atoms with Gasteiger partial charge < -0.3 is 10.2 Å². The standard InChI is InChI=1S/C16H20N2/c1-13-11-17-9-10-18(12-13)16-8-4-6-14-5-2-3-7-15(14)16/h2-8,13,17H,9-12H2,1H3. The Bertz CT molecular complexity index is 530. The number of nitrogens with one attached hydrogen (secondary N) is 1. The summed E-state index contributed by atoms with van der Waals surface area (Å²) in [5.41, 5.74) is 1.38. The number of anilines is 1. The van der Waals surface area contributed by atoms with Crippen LogP contribution in [0.25, 0.3) is 10.8 Å². The molecule has 1 fully saturated rings. The fourth-order valence-corrected chi connectivity index (χ4v) is 2.80. The summed E-state index contributed by atoms with van der Waals surface area (Å²) in [5, 5.41) is 6.21. The highest BCUT2D eigenvalue weighted by Gasteiger charge is 2.16. The van der Waals surface area contributed by atoms with E-state index in [1.165, 1.54) is 16.5 Å². The Hall–Kier alpha value is -1.54. The number of fused-ring (bicyclic) bond motifs is 1. The van der Waals surface area contributed by atoms with E-state index in [0.29, 0.717) is 5.92 Å². The molecule has 0 amide bonds. The van der Waals surface area contributed by atoms with Gasteiger partial charge >= 0.3 is 0 Å². The third-order valence-corrected chi connectivity index (χ3v) is 3.69. The largest absolute Gasteiger partial charge is 0.369 e. The molecule has 0 radical (unpaired) electrons. The van der Waals surface area contributed by atoms with Crippen LogP contribution in [0.1, 0.15) is 6.92 Å². The van der Waals surface area contributed by atoms with Crippen molar-refractivity contribution in [2.75, 3.05) is 31.1 Å². The summed E-state index contributed by atoms with van der Waals surface area (Å²) >= 11 is 0. The van der Waals surface area contributed by atoms with Gasteiger partial charge in [0, 0.05) is 30.7 Å². The zero-order chi connectivity index (χ0) is 12.4. The SMILES string of the molecule is CC1CNCCN(c2cccc3ccccc23)C1. The van der Waals surface area contributed by atoms with Crippen LogP contribution in [0.3, 0.4) is 0 Å². The summed E-state index contributed by atoms with van der Waals surface area (Å²) in [4.78, 5) is 2.52. The minimum Gasteiger partial charge on any atom is -0.369 e. The molecular weight excluding hydrogens is 220 g/mol. The predicted octanol–water partition coefficient (Wildman–Crippen LogP) is 2.89. The van der Waals surface area contributed by atoms with Crippen molar-refractivity contribution in [3.8, 4) is 0 Å². The Morgan fingerprint density at radius 2 is 1.94 bits per heavy atom. The van der Waals surface area contributed by atoms with Crippen molar-refractivity contribution in [2.45, 2.75) is 6.92 Å². The van der Waals surface area contributed by atoms with Crippen molar-refractivity contribution >= 4 is 16.5 Å². The molecule has 1 saturated heterocycles. The van der Waals surface area contributed by atoms with E-state index in [1.807, 2.05) is 0 Å². The molecule has 1 heterocycles. The molecule has 2 aromatic rings. The van der Waals surface area contributed by atoms with Crippen molar-refractivity contribution in [2.24, 2.45) is 5.92 Å². The van der Waals surface area contributed by atoms with Crippen LogP contribution in [-0.4, -0.2) is 26.2 Å². The predicted molar refractivity (Wildman–Crippen MR) is 78.2 cm³/mol. The third-order valence-electron chi connectivity index (χ3n) is 3.69. The average Bonchev–Trinajstić information content (AvgIpc) is 2.63. The molecule has 0 saturated carbocycles. The first kappa shape index (κ1) is 11.5. The Balaban J connectivity index is 2.02. The molecular formula is C16H20N2. The van der Waals surface area contributed by atoms with Crippen LogP contribution in [0.4, 0.5) is 5.69 Å². The van der Waals surface area contributed by atoms with E-state index in [0.717, 1.165) is 26.2 Å². The van der Waals surface area contributed by atoms with Gasteiger partial charge in [0.05, 0.1) is 0 Å². The van der Waals surface area contributed by atoms with E-state index in [1.54, 1.807) is 0 Å². The molecule has 1 N–H and O–H groups in total. The van der Waals surface area contributed by atoms with Crippen LogP contribution in [0, 0.1) is 5.92 Å². The van der Waals surface area contributed by atoms with Crippen molar-refractivity contribution in [3.05, 3.63) is 42.5 Å². The van der Waals surface area contributed by atoms with Gasteiger partial charge in [-0.1, -0.05) is 43.3 Å². The second kappa shape index (κ2) is 4.99. The molecule has 0 aliphatic carbocycles. The first-order valence-electron chi connectivity index (χ1n) is 6.78. The van der Waals surface area contributed by atoms with E-state index in [2.05, 4.69) is 59.6 Å². The van der Waals surface area contributed by atoms with Crippen LogP contribution >= 0.6 is 0 Å². The van der Waals surface area contributed by atoms with Crippen LogP contribution in [0.2, 0.25) is 0 Å². The number of hydrogen-bond donors (Lipinski definition) is 1. The summed E-state index contributed by atoms with van der Waals surface area (Å²) in [5.74, 6) is 0.700. The first-order chi connectivity index (χ1) is 8.84. The van der Waals surface area contributed by atoms with E-state index in [4.69, 9.17) is 0 Å². The molecule has 0 spiro atoms. The lowest BCUT2D eigenvalue weighted by atomic mass is 10.1.